The third-order valence-corrected chi connectivity index (χ3v) is 5.41. The summed E-state index contributed by atoms with van der Waals surface area (Å²) in [6.07, 6.45) is 5.30. The predicted octanol–water partition coefficient (Wildman–Crippen LogP) is 0.550. The van der Waals surface area contributed by atoms with Crippen LogP contribution in [0, 0.1) is 11.3 Å². The molecule has 0 bridgehead atoms. The van der Waals surface area contributed by atoms with E-state index in [2.05, 4.69) is 14.9 Å². The number of piperidine rings is 1. The molecule has 2 aliphatic heterocycles. The SMILES string of the molecule is CCOCC(=O)N1CCC2(CC1)CN(c1ncccn1)CC2CO. The number of likely N-dealkylation sites (tertiary alicyclic amines) is 1. The molecule has 0 saturated carbocycles. The lowest BCUT2D eigenvalue weighted by atomic mass is 9.71. The van der Waals surface area contributed by atoms with Gasteiger partial charge in [-0.2, -0.15) is 0 Å². The summed E-state index contributed by atoms with van der Waals surface area (Å²) < 4.78 is 5.23. The molecule has 132 valence electrons. The molecule has 7 heteroatoms. The number of aliphatic hydroxyl groups excluding tert-OH is 1. The number of rotatable bonds is 5. The van der Waals surface area contributed by atoms with Crippen molar-refractivity contribution in [2.45, 2.75) is 19.8 Å². The van der Waals surface area contributed by atoms with Gasteiger partial charge >= 0.3 is 0 Å². The Hall–Kier alpha value is -1.73. The van der Waals surface area contributed by atoms with Crippen molar-refractivity contribution < 1.29 is 14.6 Å². The predicted molar refractivity (Wildman–Crippen MR) is 89.6 cm³/mol. The molecule has 1 atom stereocenters. The number of carbonyl (C=O) groups is 1. The highest BCUT2D eigenvalue weighted by molar-refractivity contribution is 5.77. The van der Waals surface area contributed by atoms with Crippen molar-refractivity contribution in [2.24, 2.45) is 11.3 Å². The second-order valence-corrected chi connectivity index (χ2v) is 6.69. The molecule has 0 aliphatic carbocycles. The van der Waals surface area contributed by atoms with Gasteiger partial charge in [-0.1, -0.05) is 0 Å². The van der Waals surface area contributed by atoms with Gasteiger partial charge in [0.15, 0.2) is 0 Å². The van der Waals surface area contributed by atoms with E-state index in [0.29, 0.717) is 6.61 Å². The van der Waals surface area contributed by atoms with Gasteiger partial charge in [0.2, 0.25) is 11.9 Å². The van der Waals surface area contributed by atoms with Gasteiger partial charge in [0.25, 0.3) is 0 Å². The summed E-state index contributed by atoms with van der Waals surface area (Å²) in [5, 5.41) is 9.87. The number of aromatic nitrogens is 2. The van der Waals surface area contributed by atoms with Crippen LogP contribution in [0.15, 0.2) is 18.5 Å². The van der Waals surface area contributed by atoms with Crippen LogP contribution in [0.5, 0.6) is 0 Å². The maximum absolute atomic E-state index is 12.1. The van der Waals surface area contributed by atoms with E-state index < -0.39 is 0 Å². The summed E-state index contributed by atoms with van der Waals surface area (Å²) in [5.41, 5.74) is 0.0380. The van der Waals surface area contributed by atoms with Gasteiger partial charge in [0, 0.05) is 57.7 Å². The number of aliphatic hydroxyl groups is 1. The molecule has 2 fully saturated rings. The van der Waals surface area contributed by atoms with E-state index in [-0.39, 0.29) is 30.5 Å². The molecule has 1 aromatic rings. The minimum atomic E-state index is 0.0380. The first-order chi connectivity index (χ1) is 11.7. The molecule has 1 spiro atoms. The summed E-state index contributed by atoms with van der Waals surface area (Å²) in [7, 11) is 0. The normalized spacial score (nSPS) is 23.0. The molecule has 1 aromatic heterocycles. The molecule has 0 aromatic carbocycles. The Labute approximate surface area is 142 Å². The zero-order valence-corrected chi connectivity index (χ0v) is 14.2. The lowest BCUT2D eigenvalue weighted by Crippen LogP contribution is -2.48. The number of anilines is 1. The Morgan fingerprint density at radius 3 is 2.71 bits per heavy atom. The topological polar surface area (TPSA) is 78.8 Å². The van der Waals surface area contributed by atoms with Crippen LogP contribution in [0.1, 0.15) is 19.8 Å². The fourth-order valence-corrected chi connectivity index (χ4v) is 3.94. The highest BCUT2D eigenvalue weighted by atomic mass is 16.5. The Morgan fingerprint density at radius 2 is 2.08 bits per heavy atom. The van der Waals surface area contributed by atoms with Gasteiger partial charge in [-0.05, 0) is 31.2 Å². The van der Waals surface area contributed by atoms with Crippen molar-refractivity contribution in [3.8, 4) is 0 Å². The van der Waals surface area contributed by atoms with Crippen LogP contribution >= 0.6 is 0 Å². The van der Waals surface area contributed by atoms with Gasteiger partial charge < -0.3 is 19.6 Å². The standard InChI is InChI=1S/C17H26N4O3/c1-2-24-12-15(23)20-8-4-17(5-9-20)13-21(10-14(17)11-22)16-18-6-3-7-19-16/h3,6-7,14,22H,2,4-5,8-13H2,1H3. The maximum atomic E-state index is 12.1. The van der Waals surface area contributed by atoms with Crippen LogP contribution in [0.4, 0.5) is 5.95 Å². The molecule has 1 N–H and O–H groups in total. The average molecular weight is 334 g/mol. The number of ether oxygens (including phenoxy) is 1. The zero-order chi connectivity index (χ0) is 17.0. The van der Waals surface area contributed by atoms with E-state index in [9.17, 15) is 9.90 Å². The van der Waals surface area contributed by atoms with E-state index >= 15 is 0 Å². The van der Waals surface area contributed by atoms with Crippen LogP contribution in [0.3, 0.4) is 0 Å². The average Bonchev–Trinajstić information content (AvgIpc) is 2.99. The van der Waals surface area contributed by atoms with Crippen LogP contribution in [-0.4, -0.2) is 71.9 Å². The first-order valence-corrected chi connectivity index (χ1v) is 8.67. The van der Waals surface area contributed by atoms with Gasteiger partial charge in [-0.15, -0.1) is 0 Å². The highest BCUT2D eigenvalue weighted by Crippen LogP contribution is 2.45. The molecular formula is C17H26N4O3. The minimum Gasteiger partial charge on any atom is -0.396 e. The van der Waals surface area contributed by atoms with Gasteiger partial charge in [-0.3, -0.25) is 4.79 Å². The van der Waals surface area contributed by atoms with Crippen molar-refractivity contribution in [1.29, 1.82) is 0 Å². The monoisotopic (exact) mass is 334 g/mol. The molecule has 2 saturated heterocycles. The van der Waals surface area contributed by atoms with Crippen molar-refractivity contribution in [3.63, 3.8) is 0 Å². The molecule has 1 unspecified atom stereocenters. The van der Waals surface area contributed by atoms with Gasteiger partial charge in [0.1, 0.15) is 6.61 Å². The molecule has 2 aliphatic rings. The second kappa shape index (κ2) is 7.44. The summed E-state index contributed by atoms with van der Waals surface area (Å²) in [5.74, 6) is 0.988. The molecule has 1 amide bonds. The fraction of sp³-hybridized carbons (Fsp3) is 0.706. The molecule has 3 rings (SSSR count). The lowest BCUT2D eigenvalue weighted by molar-refractivity contribution is -0.138. The zero-order valence-electron chi connectivity index (χ0n) is 14.2. The van der Waals surface area contributed by atoms with E-state index in [1.165, 1.54) is 0 Å². The third-order valence-electron chi connectivity index (χ3n) is 5.41. The van der Waals surface area contributed by atoms with Gasteiger partial charge in [0.05, 0.1) is 0 Å². The van der Waals surface area contributed by atoms with Crippen LogP contribution in [0.2, 0.25) is 0 Å². The highest BCUT2D eigenvalue weighted by Gasteiger charge is 2.48. The van der Waals surface area contributed by atoms with E-state index in [1.807, 2.05) is 11.8 Å². The van der Waals surface area contributed by atoms with Gasteiger partial charge in [-0.25, -0.2) is 9.97 Å². The van der Waals surface area contributed by atoms with E-state index in [0.717, 1.165) is 45.0 Å². The van der Waals surface area contributed by atoms with Crippen LogP contribution in [0.25, 0.3) is 0 Å². The van der Waals surface area contributed by atoms with Crippen molar-refractivity contribution in [2.75, 3.05) is 50.9 Å². The fourth-order valence-electron chi connectivity index (χ4n) is 3.94. The molecule has 0 radical (unpaired) electrons. The Morgan fingerprint density at radius 1 is 1.38 bits per heavy atom. The number of hydrogen-bond donors (Lipinski definition) is 1. The quantitative estimate of drug-likeness (QED) is 0.847. The Balaban J connectivity index is 1.64. The first kappa shape index (κ1) is 17.1. The number of carbonyl (C=O) groups excluding carboxylic acids is 1. The Bertz CT molecular complexity index is 546. The maximum Gasteiger partial charge on any atom is 0.248 e. The summed E-state index contributed by atoms with van der Waals surface area (Å²) >= 11 is 0. The number of hydrogen-bond acceptors (Lipinski definition) is 6. The Kier molecular flexibility index (Phi) is 5.30. The van der Waals surface area contributed by atoms with E-state index in [1.54, 1.807) is 18.5 Å². The summed E-state index contributed by atoms with van der Waals surface area (Å²) in [6, 6.07) is 1.81. The molecule has 24 heavy (non-hydrogen) atoms. The van der Waals surface area contributed by atoms with Crippen molar-refractivity contribution in [3.05, 3.63) is 18.5 Å². The smallest absolute Gasteiger partial charge is 0.248 e. The second-order valence-electron chi connectivity index (χ2n) is 6.69. The molecule has 7 nitrogen and oxygen atoms in total. The van der Waals surface area contributed by atoms with E-state index in [4.69, 9.17) is 4.74 Å². The number of nitrogens with zero attached hydrogens (tertiary/aromatic N) is 4. The third kappa shape index (κ3) is 3.37. The largest absolute Gasteiger partial charge is 0.396 e. The summed E-state index contributed by atoms with van der Waals surface area (Å²) in [6.45, 7) is 5.85. The van der Waals surface area contributed by atoms with Crippen LogP contribution < -0.4 is 4.90 Å². The number of amides is 1. The lowest BCUT2D eigenvalue weighted by Gasteiger charge is -2.42. The van der Waals surface area contributed by atoms with Crippen molar-refractivity contribution >= 4 is 11.9 Å². The molecule has 3 heterocycles. The minimum absolute atomic E-state index is 0.0380. The summed E-state index contributed by atoms with van der Waals surface area (Å²) in [4.78, 5) is 24.8. The van der Waals surface area contributed by atoms with Crippen LogP contribution in [-0.2, 0) is 9.53 Å². The first-order valence-electron chi connectivity index (χ1n) is 8.67. The van der Waals surface area contributed by atoms with Crippen molar-refractivity contribution in [1.82, 2.24) is 14.9 Å². The molecular weight excluding hydrogens is 308 g/mol.